The second-order valence-corrected chi connectivity index (χ2v) is 5.92. The van der Waals surface area contributed by atoms with Gasteiger partial charge in [-0.25, -0.2) is 0 Å². The fourth-order valence-electron chi connectivity index (χ4n) is 3.26. The molecule has 0 bridgehead atoms. The fraction of sp³-hybridized carbons (Fsp3) is 0.444. The Morgan fingerprint density at radius 2 is 1.95 bits per heavy atom. The normalized spacial score (nSPS) is 15.4. The van der Waals surface area contributed by atoms with Crippen molar-refractivity contribution in [3.05, 3.63) is 53.3 Å². The second kappa shape index (κ2) is 6.70. The first-order valence-corrected chi connectivity index (χ1v) is 7.93. The quantitative estimate of drug-likeness (QED) is 0.751. The van der Waals surface area contributed by atoms with Crippen LogP contribution in [0, 0.1) is 0 Å². The van der Waals surface area contributed by atoms with E-state index in [1.165, 1.54) is 31.2 Å². The Balaban J connectivity index is 1.61. The molecule has 3 rings (SSSR count). The van der Waals surface area contributed by atoms with Crippen molar-refractivity contribution in [1.29, 1.82) is 0 Å². The molecule has 3 nitrogen and oxygen atoms in total. The first-order valence-electron chi connectivity index (χ1n) is 7.93. The van der Waals surface area contributed by atoms with Gasteiger partial charge in [-0.05, 0) is 31.2 Å². The van der Waals surface area contributed by atoms with Crippen molar-refractivity contribution in [3.63, 3.8) is 0 Å². The van der Waals surface area contributed by atoms with E-state index in [0.29, 0.717) is 5.92 Å². The minimum Gasteiger partial charge on any atom is -0.298 e. The molecule has 21 heavy (non-hydrogen) atoms. The van der Waals surface area contributed by atoms with Crippen molar-refractivity contribution < 1.29 is 4.79 Å². The summed E-state index contributed by atoms with van der Waals surface area (Å²) in [6.07, 6.45) is 9.89. The zero-order valence-corrected chi connectivity index (χ0v) is 12.4. The van der Waals surface area contributed by atoms with Crippen LogP contribution in [-0.2, 0) is 13.0 Å². The first-order chi connectivity index (χ1) is 10.4. The summed E-state index contributed by atoms with van der Waals surface area (Å²) >= 11 is 0. The number of aryl methyl sites for hydroxylation is 2. The topological polar surface area (TPSA) is 34.9 Å². The van der Waals surface area contributed by atoms with Crippen LogP contribution < -0.4 is 0 Å². The van der Waals surface area contributed by atoms with Crippen LogP contribution in [0.15, 0.2) is 36.5 Å². The molecule has 0 saturated heterocycles. The number of hydrogen-bond acceptors (Lipinski definition) is 2. The standard InChI is InChI=1S/C18H22N2O/c21-14-17-13-20(19-18(17)16-10-4-5-11-16)12-6-9-15-7-2-1-3-8-15/h1-3,7-8,13-14,16H,4-6,9-12H2. The van der Waals surface area contributed by atoms with Gasteiger partial charge in [0.05, 0.1) is 11.3 Å². The Bertz CT molecular complexity index is 583. The SMILES string of the molecule is O=Cc1cn(CCCc2ccccc2)nc1C1CCCC1. The number of rotatable bonds is 6. The van der Waals surface area contributed by atoms with Gasteiger partial charge in [-0.1, -0.05) is 43.2 Å². The van der Waals surface area contributed by atoms with Gasteiger partial charge in [0.2, 0.25) is 0 Å². The summed E-state index contributed by atoms with van der Waals surface area (Å²) in [7, 11) is 0. The van der Waals surface area contributed by atoms with Gasteiger partial charge < -0.3 is 0 Å². The van der Waals surface area contributed by atoms with Crippen LogP contribution in [-0.4, -0.2) is 16.1 Å². The largest absolute Gasteiger partial charge is 0.298 e. The van der Waals surface area contributed by atoms with E-state index in [9.17, 15) is 4.79 Å². The minimum absolute atomic E-state index is 0.501. The lowest BCUT2D eigenvalue weighted by molar-refractivity contribution is 0.112. The second-order valence-electron chi connectivity index (χ2n) is 5.92. The van der Waals surface area contributed by atoms with E-state index in [2.05, 4.69) is 29.4 Å². The smallest absolute Gasteiger partial charge is 0.153 e. The maximum Gasteiger partial charge on any atom is 0.153 e. The van der Waals surface area contributed by atoms with Crippen molar-refractivity contribution in [2.45, 2.75) is 51.0 Å². The summed E-state index contributed by atoms with van der Waals surface area (Å²) in [5.41, 5.74) is 3.18. The molecule has 1 aliphatic rings. The third-order valence-electron chi connectivity index (χ3n) is 4.38. The molecular formula is C18H22N2O. The highest BCUT2D eigenvalue weighted by molar-refractivity contribution is 5.76. The lowest BCUT2D eigenvalue weighted by Gasteiger charge is -2.06. The van der Waals surface area contributed by atoms with Gasteiger partial charge in [-0.15, -0.1) is 0 Å². The van der Waals surface area contributed by atoms with E-state index in [1.807, 2.05) is 16.9 Å². The molecule has 0 radical (unpaired) electrons. The average molecular weight is 282 g/mol. The van der Waals surface area contributed by atoms with E-state index >= 15 is 0 Å². The van der Waals surface area contributed by atoms with Gasteiger partial charge in [0.15, 0.2) is 6.29 Å². The molecule has 1 aliphatic carbocycles. The predicted octanol–water partition coefficient (Wildman–Crippen LogP) is 3.99. The van der Waals surface area contributed by atoms with Crippen molar-refractivity contribution in [2.24, 2.45) is 0 Å². The molecule has 3 heteroatoms. The van der Waals surface area contributed by atoms with E-state index in [-0.39, 0.29) is 0 Å². The molecule has 1 aromatic carbocycles. The Morgan fingerprint density at radius 1 is 1.19 bits per heavy atom. The summed E-state index contributed by atoms with van der Waals surface area (Å²) in [6, 6.07) is 10.5. The third-order valence-corrected chi connectivity index (χ3v) is 4.38. The Morgan fingerprint density at radius 3 is 2.67 bits per heavy atom. The summed E-state index contributed by atoms with van der Waals surface area (Å²) < 4.78 is 1.96. The lowest BCUT2D eigenvalue weighted by Crippen LogP contribution is -2.02. The molecule has 0 N–H and O–H groups in total. The molecule has 0 atom stereocenters. The Kier molecular flexibility index (Phi) is 4.49. The molecule has 1 heterocycles. The molecule has 0 spiro atoms. The van der Waals surface area contributed by atoms with Crippen LogP contribution in [0.3, 0.4) is 0 Å². The van der Waals surface area contributed by atoms with Crippen LogP contribution >= 0.6 is 0 Å². The number of aromatic nitrogens is 2. The molecule has 1 aromatic heterocycles. The van der Waals surface area contributed by atoms with Crippen LogP contribution in [0.25, 0.3) is 0 Å². The summed E-state index contributed by atoms with van der Waals surface area (Å²) in [5.74, 6) is 0.501. The van der Waals surface area contributed by atoms with Crippen molar-refractivity contribution in [1.82, 2.24) is 9.78 Å². The molecule has 0 amide bonds. The maximum absolute atomic E-state index is 11.2. The number of nitrogens with zero attached hydrogens (tertiary/aromatic N) is 2. The van der Waals surface area contributed by atoms with Crippen molar-refractivity contribution in [3.8, 4) is 0 Å². The average Bonchev–Trinajstić information content (AvgIpc) is 3.17. The lowest BCUT2D eigenvalue weighted by atomic mass is 10.0. The van der Waals surface area contributed by atoms with Gasteiger partial charge in [-0.3, -0.25) is 9.48 Å². The molecule has 1 fully saturated rings. The molecule has 1 saturated carbocycles. The zero-order valence-electron chi connectivity index (χ0n) is 12.4. The highest BCUT2D eigenvalue weighted by Gasteiger charge is 2.22. The molecule has 0 aliphatic heterocycles. The molecule has 0 unspecified atom stereocenters. The highest BCUT2D eigenvalue weighted by Crippen LogP contribution is 2.34. The number of carbonyl (C=O) groups is 1. The summed E-state index contributed by atoms with van der Waals surface area (Å²) in [4.78, 5) is 11.2. The van der Waals surface area contributed by atoms with Gasteiger partial charge in [0.25, 0.3) is 0 Å². The first kappa shape index (κ1) is 14.1. The van der Waals surface area contributed by atoms with E-state index in [0.717, 1.165) is 36.9 Å². The number of aldehydes is 1. The third kappa shape index (κ3) is 3.41. The maximum atomic E-state index is 11.2. The van der Waals surface area contributed by atoms with Crippen LogP contribution in [0.2, 0.25) is 0 Å². The van der Waals surface area contributed by atoms with Gasteiger partial charge in [0, 0.05) is 18.7 Å². The van der Waals surface area contributed by atoms with E-state index in [4.69, 9.17) is 0 Å². The number of benzene rings is 1. The Hall–Kier alpha value is -1.90. The van der Waals surface area contributed by atoms with E-state index < -0.39 is 0 Å². The highest BCUT2D eigenvalue weighted by atomic mass is 16.1. The number of hydrogen-bond donors (Lipinski definition) is 0. The summed E-state index contributed by atoms with van der Waals surface area (Å²) in [6.45, 7) is 0.877. The van der Waals surface area contributed by atoms with Crippen molar-refractivity contribution in [2.75, 3.05) is 0 Å². The van der Waals surface area contributed by atoms with Gasteiger partial charge in [-0.2, -0.15) is 5.10 Å². The number of carbonyl (C=O) groups excluding carboxylic acids is 1. The van der Waals surface area contributed by atoms with Crippen LogP contribution in [0.5, 0.6) is 0 Å². The summed E-state index contributed by atoms with van der Waals surface area (Å²) in [5, 5.41) is 4.68. The molecule has 110 valence electrons. The molecular weight excluding hydrogens is 260 g/mol. The monoisotopic (exact) mass is 282 g/mol. The molecule has 2 aromatic rings. The fourth-order valence-corrected chi connectivity index (χ4v) is 3.26. The van der Waals surface area contributed by atoms with Gasteiger partial charge >= 0.3 is 0 Å². The van der Waals surface area contributed by atoms with Crippen LogP contribution in [0.4, 0.5) is 0 Å². The minimum atomic E-state index is 0.501. The van der Waals surface area contributed by atoms with E-state index in [1.54, 1.807) is 0 Å². The van der Waals surface area contributed by atoms with Crippen molar-refractivity contribution >= 4 is 6.29 Å². The zero-order chi connectivity index (χ0) is 14.5. The predicted molar refractivity (Wildman–Crippen MR) is 83.6 cm³/mol. The Labute approximate surface area is 126 Å². The van der Waals surface area contributed by atoms with Crippen LogP contribution in [0.1, 0.15) is 59.6 Å². The van der Waals surface area contributed by atoms with Gasteiger partial charge in [0.1, 0.15) is 0 Å².